The lowest BCUT2D eigenvalue weighted by Gasteiger charge is -2.13. The molecule has 16 heavy (non-hydrogen) atoms. The second kappa shape index (κ2) is 6.56. The summed E-state index contributed by atoms with van der Waals surface area (Å²) in [6.07, 6.45) is 7.81. The van der Waals surface area contributed by atoms with Crippen LogP contribution in [0.25, 0.3) is 0 Å². The molecule has 0 spiro atoms. The summed E-state index contributed by atoms with van der Waals surface area (Å²) in [6, 6.07) is 2.36. The highest BCUT2D eigenvalue weighted by molar-refractivity contribution is 5.30. The van der Waals surface area contributed by atoms with E-state index in [1.54, 1.807) is 0 Å². The number of hydrogen-bond donors (Lipinski definition) is 1. The third kappa shape index (κ3) is 3.87. The number of rotatable bonds is 7. The van der Waals surface area contributed by atoms with Gasteiger partial charge in [-0.05, 0) is 20.3 Å². The van der Waals surface area contributed by atoms with Crippen LogP contribution in [0, 0.1) is 6.92 Å². The van der Waals surface area contributed by atoms with Crippen molar-refractivity contribution < 1.29 is 0 Å². The van der Waals surface area contributed by atoms with Crippen molar-refractivity contribution in [3.05, 3.63) is 11.8 Å². The predicted octanol–water partition coefficient (Wildman–Crippen LogP) is 3.70. The summed E-state index contributed by atoms with van der Waals surface area (Å²) >= 11 is 0. The van der Waals surface area contributed by atoms with Gasteiger partial charge in [-0.25, -0.2) is 4.68 Å². The predicted molar refractivity (Wildman–Crippen MR) is 69.5 cm³/mol. The standard InChI is InChI=1S/C13H25N3/c1-4-5-6-7-8-9-12(3)16-13(14)10-11(2)15-16/h10,12H,4-9,14H2,1-3H3. The van der Waals surface area contributed by atoms with Crippen molar-refractivity contribution in [2.45, 2.75) is 65.3 Å². The highest BCUT2D eigenvalue weighted by Gasteiger charge is 2.09. The summed E-state index contributed by atoms with van der Waals surface area (Å²) in [5.74, 6) is 0.790. The van der Waals surface area contributed by atoms with Gasteiger partial charge in [0.25, 0.3) is 0 Å². The first-order valence-corrected chi connectivity index (χ1v) is 6.46. The van der Waals surface area contributed by atoms with Crippen LogP contribution in [0.4, 0.5) is 5.82 Å². The van der Waals surface area contributed by atoms with Crippen LogP contribution in [0.15, 0.2) is 6.07 Å². The highest BCUT2D eigenvalue weighted by atomic mass is 15.3. The second-order valence-corrected chi connectivity index (χ2v) is 4.71. The smallest absolute Gasteiger partial charge is 0.122 e. The molecule has 1 atom stereocenters. The lowest BCUT2D eigenvalue weighted by Crippen LogP contribution is -2.10. The van der Waals surface area contributed by atoms with Gasteiger partial charge in [0.2, 0.25) is 0 Å². The van der Waals surface area contributed by atoms with E-state index >= 15 is 0 Å². The molecule has 1 aromatic heterocycles. The Hall–Kier alpha value is -0.990. The Morgan fingerprint density at radius 3 is 2.56 bits per heavy atom. The molecule has 3 heteroatoms. The van der Waals surface area contributed by atoms with Crippen LogP contribution in [-0.4, -0.2) is 9.78 Å². The Morgan fingerprint density at radius 2 is 2.00 bits per heavy atom. The minimum atomic E-state index is 0.426. The number of unbranched alkanes of at least 4 members (excludes halogenated alkanes) is 4. The van der Waals surface area contributed by atoms with E-state index in [9.17, 15) is 0 Å². The minimum Gasteiger partial charge on any atom is -0.384 e. The molecule has 0 aliphatic heterocycles. The first kappa shape index (κ1) is 13.1. The molecule has 0 fully saturated rings. The average molecular weight is 223 g/mol. The Bertz CT molecular complexity index is 304. The number of nitrogens with zero attached hydrogens (tertiary/aromatic N) is 2. The summed E-state index contributed by atoms with van der Waals surface area (Å²) in [7, 11) is 0. The van der Waals surface area contributed by atoms with Crippen molar-refractivity contribution in [1.82, 2.24) is 9.78 Å². The largest absolute Gasteiger partial charge is 0.384 e. The monoisotopic (exact) mass is 223 g/mol. The molecular formula is C13H25N3. The molecule has 1 rings (SSSR count). The first-order valence-electron chi connectivity index (χ1n) is 6.46. The maximum Gasteiger partial charge on any atom is 0.122 e. The first-order chi connectivity index (χ1) is 7.65. The Kier molecular flexibility index (Phi) is 5.36. The van der Waals surface area contributed by atoms with Crippen LogP contribution in [0.5, 0.6) is 0 Å². The van der Waals surface area contributed by atoms with Gasteiger partial charge in [-0.1, -0.05) is 39.0 Å². The van der Waals surface area contributed by atoms with Gasteiger partial charge in [0, 0.05) is 6.07 Å². The fourth-order valence-electron chi connectivity index (χ4n) is 2.06. The fourth-order valence-corrected chi connectivity index (χ4v) is 2.06. The van der Waals surface area contributed by atoms with E-state index in [0.29, 0.717) is 6.04 Å². The average Bonchev–Trinajstić information content (AvgIpc) is 2.57. The van der Waals surface area contributed by atoms with E-state index in [4.69, 9.17) is 5.73 Å². The minimum absolute atomic E-state index is 0.426. The maximum absolute atomic E-state index is 5.89. The van der Waals surface area contributed by atoms with Gasteiger partial charge < -0.3 is 5.73 Å². The van der Waals surface area contributed by atoms with E-state index in [2.05, 4.69) is 18.9 Å². The van der Waals surface area contributed by atoms with Gasteiger partial charge >= 0.3 is 0 Å². The van der Waals surface area contributed by atoms with Crippen molar-refractivity contribution in [2.75, 3.05) is 5.73 Å². The van der Waals surface area contributed by atoms with Gasteiger partial charge in [0.05, 0.1) is 11.7 Å². The van der Waals surface area contributed by atoms with Crippen LogP contribution in [0.2, 0.25) is 0 Å². The number of aromatic nitrogens is 2. The molecule has 1 unspecified atom stereocenters. The Labute approximate surface area is 99.0 Å². The third-order valence-electron chi connectivity index (χ3n) is 3.03. The Balaban J connectivity index is 2.29. The topological polar surface area (TPSA) is 43.8 Å². The summed E-state index contributed by atoms with van der Waals surface area (Å²) in [5, 5.41) is 4.42. The normalized spacial score (nSPS) is 12.9. The summed E-state index contributed by atoms with van der Waals surface area (Å²) < 4.78 is 1.95. The molecular weight excluding hydrogens is 198 g/mol. The molecule has 0 saturated heterocycles. The second-order valence-electron chi connectivity index (χ2n) is 4.71. The highest BCUT2D eigenvalue weighted by Crippen LogP contribution is 2.19. The zero-order chi connectivity index (χ0) is 12.0. The summed E-state index contributed by atoms with van der Waals surface area (Å²) in [5.41, 5.74) is 6.90. The van der Waals surface area contributed by atoms with Crippen LogP contribution in [-0.2, 0) is 0 Å². The lowest BCUT2D eigenvalue weighted by molar-refractivity contribution is 0.437. The van der Waals surface area contributed by atoms with Crippen LogP contribution >= 0.6 is 0 Å². The Morgan fingerprint density at radius 1 is 1.31 bits per heavy atom. The van der Waals surface area contributed by atoms with Crippen molar-refractivity contribution in [3.63, 3.8) is 0 Å². The SMILES string of the molecule is CCCCCCCC(C)n1nc(C)cc1N. The molecule has 3 nitrogen and oxygen atoms in total. The molecule has 92 valence electrons. The molecule has 0 radical (unpaired) electrons. The van der Waals surface area contributed by atoms with E-state index in [1.807, 2.05) is 17.7 Å². The van der Waals surface area contributed by atoms with Gasteiger partial charge in [-0.3, -0.25) is 0 Å². The van der Waals surface area contributed by atoms with Crippen molar-refractivity contribution in [2.24, 2.45) is 0 Å². The van der Waals surface area contributed by atoms with Gasteiger partial charge in [-0.15, -0.1) is 0 Å². The molecule has 0 aliphatic carbocycles. The lowest BCUT2D eigenvalue weighted by atomic mass is 10.1. The molecule has 0 amide bonds. The van der Waals surface area contributed by atoms with E-state index in [0.717, 1.165) is 11.5 Å². The molecule has 0 bridgehead atoms. The van der Waals surface area contributed by atoms with E-state index in [-0.39, 0.29) is 0 Å². The van der Waals surface area contributed by atoms with Gasteiger partial charge in [0.1, 0.15) is 5.82 Å². The summed E-state index contributed by atoms with van der Waals surface area (Å²) in [6.45, 7) is 6.43. The third-order valence-corrected chi connectivity index (χ3v) is 3.03. The number of aryl methyl sites for hydroxylation is 1. The van der Waals surface area contributed by atoms with Gasteiger partial charge in [0.15, 0.2) is 0 Å². The molecule has 0 aliphatic rings. The number of nitrogen functional groups attached to an aromatic ring is 1. The quantitative estimate of drug-likeness (QED) is 0.716. The van der Waals surface area contributed by atoms with E-state index < -0.39 is 0 Å². The molecule has 2 N–H and O–H groups in total. The fraction of sp³-hybridized carbons (Fsp3) is 0.769. The van der Waals surface area contributed by atoms with Crippen molar-refractivity contribution in [1.29, 1.82) is 0 Å². The maximum atomic E-state index is 5.89. The zero-order valence-electron chi connectivity index (χ0n) is 10.9. The van der Waals surface area contributed by atoms with Crippen molar-refractivity contribution >= 4 is 5.82 Å². The molecule has 0 aromatic carbocycles. The van der Waals surface area contributed by atoms with Gasteiger partial charge in [-0.2, -0.15) is 5.10 Å². The van der Waals surface area contributed by atoms with Crippen LogP contribution < -0.4 is 5.73 Å². The van der Waals surface area contributed by atoms with Crippen molar-refractivity contribution in [3.8, 4) is 0 Å². The zero-order valence-corrected chi connectivity index (χ0v) is 10.9. The molecule has 0 saturated carbocycles. The number of hydrogen-bond acceptors (Lipinski definition) is 2. The molecule has 1 aromatic rings. The summed E-state index contributed by atoms with van der Waals surface area (Å²) in [4.78, 5) is 0. The van der Waals surface area contributed by atoms with Crippen LogP contribution in [0.1, 0.15) is 64.1 Å². The van der Waals surface area contributed by atoms with E-state index in [1.165, 1.54) is 38.5 Å². The van der Waals surface area contributed by atoms with Crippen LogP contribution in [0.3, 0.4) is 0 Å². The molecule has 1 heterocycles. The number of nitrogens with two attached hydrogens (primary N) is 1. The number of anilines is 1.